The Morgan fingerprint density at radius 3 is 2.57 bits per heavy atom. The Labute approximate surface area is 356 Å². The van der Waals surface area contributed by atoms with Gasteiger partial charge in [-0.1, -0.05) is 39.8 Å². The van der Waals surface area contributed by atoms with Crippen LogP contribution in [0.1, 0.15) is 83.7 Å². The minimum Gasteiger partial charge on any atom is -0.508 e. The third-order valence-corrected chi connectivity index (χ3v) is 12.4. The van der Waals surface area contributed by atoms with Crippen molar-refractivity contribution >= 4 is 34.6 Å². The van der Waals surface area contributed by atoms with Gasteiger partial charge in [-0.25, -0.2) is 9.82 Å². The predicted octanol–water partition coefficient (Wildman–Crippen LogP) is 6.29. The van der Waals surface area contributed by atoms with Gasteiger partial charge in [-0.3, -0.25) is 29.2 Å². The third kappa shape index (κ3) is 9.02. The average Bonchev–Trinajstić information content (AvgIpc) is 3.90. The molecule has 3 amide bonds. The lowest BCUT2D eigenvalue weighted by Gasteiger charge is -2.36. The highest BCUT2D eigenvalue weighted by atomic mass is 19.1. The lowest BCUT2D eigenvalue weighted by Crippen LogP contribution is -2.62. The zero-order valence-electron chi connectivity index (χ0n) is 36.5. The number of cyclic esters (lactones) is 1. The number of aromatic hydroxyl groups is 1. The molecule has 6 atom stereocenters. The normalized spacial score (nSPS) is 22.6. The van der Waals surface area contributed by atoms with Crippen molar-refractivity contribution < 1.29 is 38.1 Å². The number of aromatic nitrogens is 2. The molecule has 1 saturated heterocycles. The number of esters is 1. The van der Waals surface area contributed by atoms with Crippen molar-refractivity contribution in [2.24, 2.45) is 17.3 Å². The molecule has 0 spiro atoms. The maximum Gasteiger partial charge on any atom is 0.324 e. The first kappa shape index (κ1) is 43.7. The van der Waals surface area contributed by atoms with Crippen LogP contribution in [0.25, 0.3) is 33.3 Å². The number of likely N-dealkylation sites (N-methyl/N-ethyl adjacent to an activating group) is 1. The number of carbonyl (C=O) groups excluding carboxylic acids is 4. The second kappa shape index (κ2) is 17.6. The molecule has 4 heterocycles. The molecule has 2 aliphatic heterocycles. The molecule has 14 heteroatoms. The van der Waals surface area contributed by atoms with E-state index in [1.165, 1.54) is 17.0 Å². The number of hydrogen-bond acceptors (Lipinski definition) is 9. The Hall–Kier alpha value is -5.34. The van der Waals surface area contributed by atoms with Crippen LogP contribution >= 0.6 is 0 Å². The summed E-state index contributed by atoms with van der Waals surface area (Å²) in [5.41, 5.74) is 9.47. The monoisotopic (exact) mass is 838 g/mol. The zero-order valence-corrected chi connectivity index (χ0v) is 36.5. The second-order valence-corrected chi connectivity index (χ2v) is 18.0. The van der Waals surface area contributed by atoms with Crippen LogP contribution in [0.3, 0.4) is 0 Å². The molecular weight excluding hydrogens is 780 g/mol. The molecule has 4 aromatic rings. The average molecular weight is 839 g/mol. The topological polar surface area (TPSA) is 155 Å². The highest BCUT2D eigenvalue weighted by Gasteiger charge is 2.47. The van der Waals surface area contributed by atoms with E-state index in [9.17, 15) is 28.7 Å². The maximum atomic E-state index is 14.5. The number of hydrazine groups is 1. The standard InChI is InChI=1S/C47H59FN6O7/c1-9-53-39-15-14-29-22-33(39)35(42(53)32-12-10-16-49-40(32)27(4)60-8)24-47(5,6)25-61-46(59)37-13-11-17-54(51-37)45(58)38(20-28-18-30(29)21-31(55)19-28)50-43(56)41(26(2)3)52(7)44(57)34-23-36(34)48/h10,12,14-16,18-19,21-22,26-27,34,36-38,41,51,55H,9,11,13,17,20,23-25H2,1-8H3,(H,50,56)/t27-,34-,36-,37-,38-,41-/m0/s1. The van der Waals surface area contributed by atoms with Gasteiger partial charge in [0, 0.05) is 61.7 Å². The first-order chi connectivity index (χ1) is 29.0. The molecule has 61 heavy (non-hydrogen) atoms. The predicted molar refractivity (Wildman–Crippen MR) is 230 cm³/mol. The quantitative estimate of drug-likeness (QED) is 0.165. The number of fused-ring (bicyclic) bond motifs is 6. The zero-order chi connectivity index (χ0) is 43.9. The second-order valence-electron chi connectivity index (χ2n) is 18.0. The van der Waals surface area contributed by atoms with Crippen molar-refractivity contribution in [3.63, 3.8) is 0 Å². The number of pyridine rings is 1. The molecule has 13 nitrogen and oxygen atoms in total. The fraction of sp³-hybridized carbons (Fsp3) is 0.511. The highest BCUT2D eigenvalue weighted by Crippen LogP contribution is 2.42. The Balaban J connectivity index is 1.35. The van der Waals surface area contributed by atoms with Gasteiger partial charge >= 0.3 is 5.97 Å². The van der Waals surface area contributed by atoms with Crippen LogP contribution in [0.4, 0.5) is 4.39 Å². The number of amides is 3. The number of ether oxygens (including phenoxy) is 2. The van der Waals surface area contributed by atoms with Gasteiger partial charge in [0.25, 0.3) is 5.91 Å². The summed E-state index contributed by atoms with van der Waals surface area (Å²) < 4.78 is 28.1. The maximum absolute atomic E-state index is 14.5. The van der Waals surface area contributed by atoms with Crippen molar-refractivity contribution in [1.29, 1.82) is 0 Å². The van der Waals surface area contributed by atoms with E-state index in [1.807, 2.05) is 25.1 Å². The summed E-state index contributed by atoms with van der Waals surface area (Å²) in [6.45, 7) is 12.8. The number of hydrogen-bond donors (Lipinski definition) is 3. The van der Waals surface area contributed by atoms with Crippen LogP contribution in [0.15, 0.2) is 54.7 Å². The van der Waals surface area contributed by atoms with Crippen LogP contribution in [-0.4, -0.2) is 99.9 Å². The Morgan fingerprint density at radius 2 is 1.89 bits per heavy atom. The molecule has 6 bridgehead atoms. The number of benzene rings is 2. The first-order valence-electron chi connectivity index (χ1n) is 21.4. The van der Waals surface area contributed by atoms with Crippen molar-refractivity contribution in [2.75, 3.05) is 27.3 Å². The number of phenolic OH excluding ortho intramolecular Hbond substituents is 1. The van der Waals surface area contributed by atoms with Gasteiger partial charge in [0.1, 0.15) is 30.0 Å². The summed E-state index contributed by atoms with van der Waals surface area (Å²) in [5, 5.41) is 16.5. The van der Waals surface area contributed by atoms with E-state index in [0.717, 1.165) is 39.0 Å². The SMILES string of the molecule is CCn1c(-c2cccnc2[C@H](C)OC)c2c3cc(ccc31)-c1cc(O)cc(c1)C[C@H](NC(=O)[C@H](C(C)C)N(C)C(=O)[C@H]1C[C@@H]1F)C(=O)N1CCC[C@H](N1)C(=O)OCC(C)(C)C2. The molecule has 7 rings (SSSR count). The van der Waals surface area contributed by atoms with Crippen LogP contribution in [0, 0.1) is 17.3 Å². The van der Waals surface area contributed by atoms with E-state index in [4.69, 9.17) is 14.5 Å². The van der Waals surface area contributed by atoms with Gasteiger partial charge in [0.2, 0.25) is 11.8 Å². The van der Waals surface area contributed by atoms with E-state index >= 15 is 0 Å². The summed E-state index contributed by atoms with van der Waals surface area (Å²) in [5.74, 6) is -3.16. The van der Waals surface area contributed by atoms with Crippen LogP contribution in [-0.2, 0) is 48.0 Å². The Bertz CT molecular complexity index is 2330. The summed E-state index contributed by atoms with van der Waals surface area (Å²) in [6.07, 6.45) is 1.85. The van der Waals surface area contributed by atoms with Gasteiger partial charge in [-0.05, 0) is 104 Å². The largest absolute Gasteiger partial charge is 0.508 e. The smallest absolute Gasteiger partial charge is 0.324 e. The fourth-order valence-electron chi connectivity index (χ4n) is 9.07. The number of nitrogens with one attached hydrogen (secondary N) is 2. The number of carbonyl (C=O) groups is 4. The molecule has 3 N–H and O–H groups in total. The van der Waals surface area contributed by atoms with Gasteiger partial charge in [-0.2, -0.15) is 0 Å². The number of methoxy groups -OCH3 is 1. The van der Waals surface area contributed by atoms with E-state index in [0.29, 0.717) is 36.9 Å². The van der Waals surface area contributed by atoms with E-state index in [1.54, 1.807) is 39.3 Å². The van der Waals surface area contributed by atoms with Gasteiger partial charge in [0.05, 0.1) is 30.0 Å². The minimum absolute atomic E-state index is 0.0174. The molecule has 326 valence electrons. The molecule has 3 aliphatic rings. The molecule has 1 aliphatic carbocycles. The number of phenols is 1. The third-order valence-electron chi connectivity index (χ3n) is 12.4. The fourth-order valence-corrected chi connectivity index (χ4v) is 9.07. The number of halogens is 1. The number of alkyl halides is 1. The van der Waals surface area contributed by atoms with Crippen molar-refractivity contribution in [3.05, 3.63) is 71.5 Å². The van der Waals surface area contributed by atoms with Crippen LogP contribution in [0.2, 0.25) is 0 Å². The summed E-state index contributed by atoms with van der Waals surface area (Å²) in [6, 6.07) is 12.4. The number of aryl methyl sites for hydroxylation is 1. The Morgan fingerprint density at radius 1 is 1.13 bits per heavy atom. The van der Waals surface area contributed by atoms with Crippen molar-refractivity contribution in [1.82, 2.24) is 30.2 Å². The number of rotatable bonds is 9. The van der Waals surface area contributed by atoms with E-state index < -0.39 is 59.3 Å². The molecular formula is C47H59FN6O7. The van der Waals surface area contributed by atoms with Gasteiger partial charge in [-0.15, -0.1) is 0 Å². The molecule has 2 aromatic heterocycles. The summed E-state index contributed by atoms with van der Waals surface area (Å²) >= 11 is 0. The van der Waals surface area contributed by atoms with Crippen LogP contribution in [0.5, 0.6) is 5.75 Å². The lowest BCUT2D eigenvalue weighted by molar-refractivity contribution is -0.155. The van der Waals surface area contributed by atoms with Crippen molar-refractivity contribution in [2.45, 2.75) is 111 Å². The summed E-state index contributed by atoms with van der Waals surface area (Å²) in [4.78, 5) is 61.7. The van der Waals surface area contributed by atoms with Crippen molar-refractivity contribution in [3.8, 4) is 28.1 Å². The van der Waals surface area contributed by atoms with E-state index in [-0.39, 0.29) is 43.8 Å². The Kier molecular flexibility index (Phi) is 12.6. The molecule has 0 radical (unpaired) electrons. The molecule has 0 unspecified atom stereocenters. The minimum atomic E-state index is -1.23. The van der Waals surface area contributed by atoms with E-state index in [2.05, 4.69) is 54.3 Å². The lowest BCUT2D eigenvalue weighted by atomic mass is 9.84. The van der Waals surface area contributed by atoms with Crippen LogP contribution < -0.4 is 10.7 Å². The highest BCUT2D eigenvalue weighted by molar-refractivity contribution is 5.96. The summed E-state index contributed by atoms with van der Waals surface area (Å²) in [7, 11) is 3.16. The van der Waals surface area contributed by atoms with Gasteiger partial charge in [0.15, 0.2) is 0 Å². The number of nitrogens with zero attached hydrogens (tertiary/aromatic N) is 4. The molecule has 1 saturated carbocycles. The van der Waals surface area contributed by atoms with Gasteiger partial charge < -0.3 is 29.4 Å². The molecule has 2 fully saturated rings. The first-order valence-corrected chi connectivity index (χ1v) is 21.4. The molecule has 2 aromatic carbocycles.